The Morgan fingerprint density at radius 1 is 1.40 bits per heavy atom. The summed E-state index contributed by atoms with van der Waals surface area (Å²) in [4.78, 5) is 16.3. The van der Waals surface area contributed by atoms with Crippen LogP contribution in [0.4, 0.5) is 0 Å². The van der Waals surface area contributed by atoms with Crippen molar-refractivity contribution < 1.29 is 9.90 Å². The summed E-state index contributed by atoms with van der Waals surface area (Å²) < 4.78 is 0. The third-order valence-corrected chi connectivity index (χ3v) is 4.04. The summed E-state index contributed by atoms with van der Waals surface area (Å²) in [5.41, 5.74) is 0.314. The number of nitrogens with zero attached hydrogens (tertiary/aromatic N) is 2. The molecule has 1 heterocycles. The second-order valence-corrected chi connectivity index (χ2v) is 6.17. The van der Waals surface area contributed by atoms with Crippen molar-refractivity contribution >= 4 is 29.1 Å². The van der Waals surface area contributed by atoms with Crippen molar-refractivity contribution in [2.45, 2.75) is 18.6 Å². The van der Waals surface area contributed by atoms with Gasteiger partial charge in [0.05, 0.1) is 21.7 Å². The van der Waals surface area contributed by atoms with Crippen molar-refractivity contribution in [1.82, 2.24) is 9.80 Å². The van der Waals surface area contributed by atoms with Crippen LogP contribution in [0.1, 0.15) is 16.8 Å². The highest BCUT2D eigenvalue weighted by atomic mass is 35.5. The standard InChI is InChI=1S/C14H18Cl2N2O2/c1-17(2)7-9-6-10(19)8-18(9)14(20)13-11(15)4-3-5-12(13)16/h3-5,9-10,19H,6-8H2,1-2H3. The van der Waals surface area contributed by atoms with Crippen LogP contribution in [-0.4, -0.2) is 60.1 Å². The summed E-state index contributed by atoms with van der Waals surface area (Å²) >= 11 is 12.2. The number of hydrogen-bond acceptors (Lipinski definition) is 3. The fourth-order valence-electron chi connectivity index (χ4n) is 2.58. The van der Waals surface area contributed by atoms with Crippen LogP contribution in [0.5, 0.6) is 0 Å². The number of aliphatic hydroxyl groups is 1. The molecule has 1 N–H and O–H groups in total. The predicted octanol–water partition coefficient (Wildman–Crippen LogP) is 2.13. The highest BCUT2D eigenvalue weighted by Gasteiger charge is 2.36. The van der Waals surface area contributed by atoms with Crippen LogP contribution in [0.15, 0.2) is 18.2 Å². The SMILES string of the molecule is CN(C)CC1CC(O)CN1C(=O)c1c(Cl)cccc1Cl. The lowest BCUT2D eigenvalue weighted by Crippen LogP contribution is -2.41. The van der Waals surface area contributed by atoms with Crippen molar-refractivity contribution in [2.24, 2.45) is 0 Å². The average molecular weight is 317 g/mol. The van der Waals surface area contributed by atoms with Crippen LogP contribution in [-0.2, 0) is 0 Å². The van der Waals surface area contributed by atoms with E-state index in [0.29, 0.717) is 35.1 Å². The van der Waals surface area contributed by atoms with E-state index in [2.05, 4.69) is 0 Å². The van der Waals surface area contributed by atoms with Crippen LogP contribution in [0.2, 0.25) is 10.0 Å². The molecule has 1 aliphatic rings. The van der Waals surface area contributed by atoms with Gasteiger partial charge in [0.25, 0.3) is 5.91 Å². The van der Waals surface area contributed by atoms with Crippen LogP contribution >= 0.6 is 23.2 Å². The molecule has 2 rings (SSSR count). The van der Waals surface area contributed by atoms with Crippen molar-refractivity contribution in [2.75, 3.05) is 27.2 Å². The number of carbonyl (C=O) groups excluding carboxylic acids is 1. The molecule has 4 nitrogen and oxygen atoms in total. The first-order valence-electron chi connectivity index (χ1n) is 6.48. The number of β-amino-alcohol motifs (C(OH)–C–C–N with tert-alkyl or cyclic N) is 1. The number of likely N-dealkylation sites (tertiary alicyclic amines) is 1. The minimum atomic E-state index is -0.495. The van der Waals surface area contributed by atoms with Gasteiger partial charge >= 0.3 is 0 Å². The van der Waals surface area contributed by atoms with Crippen molar-refractivity contribution in [3.8, 4) is 0 Å². The first kappa shape index (κ1) is 15.6. The molecule has 0 aliphatic carbocycles. The van der Waals surface area contributed by atoms with Gasteiger partial charge in [-0.15, -0.1) is 0 Å². The third-order valence-electron chi connectivity index (χ3n) is 3.41. The molecule has 2 unspecified atom stereocenters. The fraction of sp³-hybridized carbons (Fsp3) is 0.500. The molecule has 1 aliphatic heterocycles. The van der Waals surface area contributed by atoms with Crippen molar-refractivity contribution in [3.05, 3.63) is 33.8 Å². The summed E-state index contributed by atoms with van der Waals surface area (Å²) in [5.74, 6) is -0.219. The Morgan fingerprint density at radius 3 is 2.55 bits per heavy atom. The number of aliphatic hydroxyl groups excluding tert-OH is 1. The maximum absolute atomic E-state index is 12.7. The first-order valence-corrected chi connectivity index (χ1v) is 7.23. The molecule has 110 valence electrons. The molecule has 6 heteroatoms. The Hall–Kier alpha value is -0.810. The monoisotopic (exact) mass is 316 g/mol. The molecule has 1 fully saturated rings. The van der Waals surface area contributed by atoms with Gasteiger partial charge in [0.1, 0.15) is 0 Å². The molecule has 0 spiro atoms. The Morgan fingerprint density at radius 2 is 2.00 bits per heavy atom. The van der Waals surface area contributed by atoms with Gasteiger partial charge in [0.2, 0.25) is 0 Å². The highest BCUT2D eigenvalue weighted by Crippen LogP contribution is 2.29. The van der Waals surface area contributed by atoms with E-state index in [0.717, 1.165) is 0 Å². The Kier molecular flexibility index (Phi) is 4.91. The van der Waals surface area contributed by atoms with Crippen molar-refractivity contribution in [1.29, 1.82) is 0 Å². The summed E-state index contributed by atoms with van der Waals surface area (Å²) in [6, 6.07) is 4.97. The first-order chi connectivity index (χ1) is 9.40. The Bertz CT molecular complexity index is 488. The van der Waals surface area contributed by atoms with E-state index in [-0.39, 0.29) is 11.9 Å². The molecule has 0 saturated carbocycles. The van der Waals surface area contributed by atoms with Gasteiger partial charge in [0, 0.05) is 19.1 Å². The van der Waals surface area contributed by atoms with Crippen LogP contribution < -0.4 is 0 Å². The molecule has 0 aromatic heterocycles. The van der Waals surface area contributed by atoms with E-state index >= 15 is 0 Å². The molecule has 0 radical (unpaired) electrons. The number of rotatable bonds is 3. The van der Waals surface area contributed by atoms with Gasteiger partial charge in [-0.3, -0.25) is 4.79 Å². The Labute approximate surface area is 128 Å². The molecular weight excluding hydrogens is 299 g/mol. The lowest BCUT2D eigenvalue weighted by atomic mass is 10.1. The van der Waals surface area contributed by atoms with E-state index in [9.17, 15) is 9.90 Å². The van der Waals surface area contributed by atoms with Gasteiger partial charge in [-0.2, -0.15) is 0 Å². The molecule has 0 bridgehead atoms. The number of likely N-dealkylation sites (N-methyl/N-ethyl adjacent to an activating group) is 1. The summed E-state index contributed by atoms with van der Waals surface area (Å²) in [7, 11) is 3.88. The number of hydrogen-bond donors (Lipinski definition) is 1. The van der Waals surface area contributed by atoms with E-state index in [4.69, 9.17) is 23.2 Å². The molecule has 1 aromatic carbocycles. The van der Waals surface area contributed by atoms with E-state index in [1.807, 2.05) is 19.0 Å². The maximum Gasteiger partial charge on any atom is 0.257 e. The summed E-state index contributed by atoms with van der Waals surface area (Å²) in [6.07, 6.45) is 0.0802. The maximum atomic E-state index is 12.7. The van der Waals surface area contributed by atoms with E-state index < -0.39 is 6.10 Å². The van der Waals surface area contributed by atoms with Crippen LogP contribution in [0, 0.1) is 0 Å². The second-order valence-electron chi connectivity index (χ2n) is 5.36. The zero-order valence-corrected chi connectivity index (χ0v) is 13.0. The van der Waals surface area contributed by atoms with Gasteiger partial charge < -0.3 is 14.9 Å². The topological polar surface area (TPSA) is 43.8 Å². The number of halogens is 2. The molecule has 1 amide bonds. The predicted molar refractivity (Wildman–Crippen MR) is 80.5 cm³/mol. The molecule has 1 saturated heterocycles. The number of carbonyl (C=O) groups is 1. The van der Waals surface area contributed by atoms with Crippen LogP contribution in [0.25, 0.3) is 0 Å². The smallest absolute Gasteiger partial charge is 0.257 e. The van der Waals surface area contributed by atoms with Crippen LogP contribution in [0.3, 0.4) is 0 Å². The van der Waals surface area contributed by atoms with Gasteiger partial charge in [0.15, 0.2) is 0 Å². The number of amides is 1. The summed E-state index contributed by atoms with van der Waals surface area (Å²) in [6.45, 7) is 1.02. The zero-order chi connectivity index (χ0) is 14.9. The van der Waals surface area contributed by atoms with Gasteiger partial charge in [-0.1, -0.05) is 29.3 Å². The molecular formula is C14H18Cl2N2O2. The lowest BCUT2D eigenvalue weighted by molar-refractivity contribution is 0.0699. The Balaban J connectivity index is 2.27. The highest BCUT2D eigenvalue weighted by molar-refractivity contribution is 6.39. The third kappa shape index (κ3) is 3.26. The molecule has 2 atom stereocenters. The quantitative estimate of drug-likeness (QED) is 0.929. The van der Waals surface area contributed by atoms with Gasteiger partial charge in [-0.25, -0.2) is 0 Å². The normalized spacial score (nSPS) is 22.6. The molecule has 1 aromatic rings. The lowest BCUT2D eigenvalue weighted by Gasteiger charge is -2.27. The number of benzene rings is 1. The fourth-order valence-corrected chi connectivity index (χ4v) is 3.14. The largest absolute Gasteiger partial charge is 0.391 e. The second kappa shape index (κ2) is 6.31. The summed E-state index contributed by atoms with van der Waals surface area (Å²) in [5, 5.41) is 10.5. The zero-order valence-electron chi connectivity index (χ0n) is 11.5. The van der Waals surface area contributed by atoms with Crippen molar-refractivity contribution in [3.63, 3.8) is 0 Å². The minimum Gasteiger partial charge on any atom is -0.391 e. The minimum absolute atomic E-state index is 0.0279. The molecule has 20 heavy (non-hydrogen) atoms. The van der Waals surface area contributed by atoms with Gasteiger partial charge in [-0.05, 0) is 32.6 Å². The average Bonchev–Trinajstić information content (AvgIpc) is 2.68. The van der Waals surface area contributed by atoms with E-state index in [1.54, 1.807) is 23.1 Å². The van der Waals surface area contributed by atoms with E-state index in [1.165, 1.54) is 0 Å².